The molecule has 0 N–H and O–H groups in total. The van der Waals surface area contributed by atoms with Crippen molar-refractivity contribution in [3.05, 3.63) is 194 Å². The van der Waals surface area contributed by atoms with Gasteiger partial charge in [0.05, 0.1) is 0 Å². The van der Waals surface area contributed by atoms with Crippen LogP contribution < -0.4 is 4.90 Å². The number of oxazole rings is 1. The maximum atomic E-state index is 6.47. The number of aromatic nitrogens is 1. The molecule has 0 amide bonds. The quantitative estimate of drug-likeness (QED) is 0.171. The molecule has 0 saturated carbocycles. The van der Waals surface area contributed by atoms with Crippen LogP contribution in [0.15, 0.2) is 199 Å². The second-order valence-corrected chi connectivity index (χ2v) is 15.0. The van der Waals surface area contributed by atoms with Gasteiger partial charge in [0.25, 0.3) is 0 Å². The number of hydrogen-bond donors (Lipinski definition) is 0. The van der Waals surface area contributed by atoms with Gasteiger partial charge in [-0.3, -0.25) is 0 Å². The molecule has 3 nitrogen and oxygen atoms in total. The maximum Gasteiger partial charge on any atom is 0.228 e. The Morgan fingerprint density at radius 2 is 1.05 bits per heavy atom. The van der Waals surface area contributed by atoms with E-state index in [2.05, 4.69) is 193 Å². The fourth-order valence-corrected chi connectivity index (χ4v) is 9.27. The molecule has 2 aromatic heterocycles. The molecule has 0 aliphatic rings. The monoisotopic (exact) mass is 720 g/mol. The fourth-order valence-electron chi connectivity index (χ4n) is 8.10. The van der Waals surface area contributed by atoms with Gasteiger partial charge in [-0.1, -0.05) is 140 Å². The van der Waals surface area contributed by atoms with Crippen molar-refractivity contribution in [2.75, 3.05) is 4.90 Å². The molecule has 0 aliphatic carbocycles. The highest BCUT2D eigenvalue weighted by atomic mass is 32.1. The lowest BCUT2D eigenvalue weighted by Crippen LogP contribution is -2.10. The van der Waals surface area contributed by atoms with Crippen LogP contribution in [0.5, 0.6) is 0 Å². The topological polar surface area (TPSA) is 29.3 Å². The molecule has 0 spiro atoms. The summed E-state index contributed by atoms with van der Waals surface area (Å²) < 4.78 is 8.88. The number of nitrogens with zero attached hydrogens (tertiary/aromatic N) is 2. The van der Waals surface area contributed by atoms with Crippen LogP contribution in [0.3, 0.4) is 0 Å². The van der Waals surface area contributed by atoms with Gasteiger partial charge in [-0.2, -0.15) is 0 Å². The molecule has 0 saturated heterocycles. The Morgan fingerprint density at radius 1 is 0.418 bits per heavy atom. The fraction of sp³-hybridized carbons (Fsp3) is 0. The third-order valence-corrected chi connectivity index (χ3v) is 11.8. The van der Waals surface area contributed by atoms with E-state index in [9.17, 15) is 0 Å². The largest absolute Gasteiger partial charge is 0.436 e. The minimum absolute atomic E-state index is 0.644. The van der Waals surface area contributed by atoms with Crippen molar-refractivity contribution < 1.29 is 4.42 Å². The van der Waals surface area contributed by atoms with Gasteiger partial charge in [-0.05, 0) is 93.0 Å². The molecule has 0 atom stereocenters. The van der Waals surface area contributed by atoms with E-state index in [4.69, 9.17) is 9.40 Å². The average molecular weight is 721 g/mol. The van der Waals surface area contributed by atoms with Crippen LogP contribution in [0.2, 0.25) is 0 Å². The Labute approximate surface area is 322 Å². The van der Waals surface area contributed by atoms with Gasteiger partial charge >= 0.3 is 0 Å². The molecule has 0 unspecified atom stereocenters. The van der Waals surface area contributed by atoms with Crippen LogP contribution in [0.1, 0.15) is 0 Å². The molecule has 9 aromatic carbocycles. The third kappa shape index (κ3) is 5.38. The Hall–Kier alpha value is -7.01. The number of thiophene rings is 1. The summed E-state index contributed by atoms with van der Waals surface area (Å²) in [5.74, 6) is 0.644. The maximum absolute atomic E-state index is 6.47. The molecule has 11 rings (SSSR count). The van der Waals surface area contributed by atoms with Crippen molar-refractivity contribution in [3.63, 3.8) is 0 Å². The van der Waals surface area contributed by atoms with Crippen molar-refractivity contribution in [2.24, 2.45) is 0 Å². The van der Waals surface area contributed by atoms with E-state index in [1.165, 1.54) is 53.2 Å². The van der Waals surface area contributed by atoms with Gasteiger partial charge in [-0.25, -0.2) is 4.98 Å². The summed E-state index contributed by atoms with van der Waals surface area (Å²) in [4.78, 5) is 7.47. The Kier molecular flexibility index (Phi) is 7.35. The first-order chi connectivity index (χ1) is 27.2. The van der Waals surface area contributed by atoms with Crippen molar-refractivity contribution in [1.82, 2.24) is 4.98 Å². The second kappa shape index (κ2) is 12.8. The van der Waals surface area contributed by atoms with Crippen molar-refractivity contribution in [1.29, 1.82) is 0 Å². The molecular weight excluding hydrogens is 689 g/mol. The first-order valence-electron chi connectivity index (χ1n) is 18.5. The van der Waals surface area contributed by atoms with Gasteiger partial charge in [0.1, 0.15) is 5.52 Å². The van der Waals surface area contributed by atoms with Crippen LogP contribution >= 0.6 is 11.3 Å². The Morgan fingerprint density at radius 3 is 1.91 bits per heavy atom. The molecule has 11 aromatic rings. The number of anilines is 3. The molecule has 0 bridgehead atoms. The lowest BCUT2D eigenvalue weighted by atomic mass is 9.97. The molecule has 0 fully saturated rings. The first kappa shape index (κ1) is 31.5. The Balaban J connectivity index is 1.08. The number of rotatable bonds is 6. The zero-order chi connectivity index (χ0) is 36.3. The van der Waals surface area contributed by atoms with Crippen molar-refractivity contribution >= 4 is 81.2 Å². The summed E-state index contributed by atoms with van der Waals surface area (Å²) in [6, 6.07) is 69.4. The molecule has 0 radical (unpaired) electrons. The smallest absolute Gasteiger partial charge is 0.228 e. The lowest BCUT2D eigenvalue weighted by Gasteiger charge is -2.27. The van der Waals surface area contributed by atoms with E-state index >= 15 is 0 Å². The molecule has 0 aliphatic heterocycles. The van der Waals surface area contributed by atoms with E-state index in [-0.39, 0.29) is 0 Å². The highest BCUT2D eigenvalue weighted by molar-refractivity contribution is 7.26. The second-order valence-electron chi connectivity index (χ2n) is 13.9. The van der Waals surface area contributed by atoms with Crippen LogP contribution in [0.25, 0.3) is 86.5 Å². The van der Waals surface area contributed by atoms with Gasteiger partial charge < -0.3 is 9.32 Å². The van der Waals surface area contributed by atoms with Gasteiger partial charge in [-0.15, -0.1) is 11.3 Å². The summed E-state index contributed by atoms with van der Waals surface area (Å²) in [6.45, 7) is 0. The molecule has 55 heavy (non-hydrogen) atoms. The average Bonchev–Trinajstić information content (AvgIpc) is 3.86. The summed E-state index contributed by atoms with van der Waals surface area (Å²) in [6.07, 6.45) is 0. The molecular formula is C51H32N2OS. The Bertz CT molecular complexity index is 3230. The predicted molar refractivity (Wildman–Crippen MR) is 233 cm³/mol. The van der Waals surface area contributed by atoms with Gasteiger partial charge in [0.2, 0.25) is 5.89 Å². The summed E-state index contributed by atoms with van der Waals surface area (Å²) >= 11 is 1.81. The van der Waals surface area contributed by atoms with E-state index in [1.807, 2.05) is 17.4 Å². The zero-order valence-corrected chi connectivity index (χ0v) is 30.5. The van der Waals surface area contributed by atoms with E-state index in [1.54, 1.807) is 0 Å². The predicted octanol–water partition coefficient (Wildman–Crippen LogP) is 15.0. The molecule has 2 heterocycles. The summed E-state index contributed by atoms with van der Waals surface area (Å²) in [5.41, 5.74) is 10.7. The van der Waals surface area contributed by atoms with Gasteiger partial charge in [0, 0.05) is 48.2 Å². The third-order valence-electron chi connectivity index (χ3n) is 10.7. The lowest BCUT2D eigenvalue weighted by molar-refractivity contribution is 0.621. The van der Waals surface area contributed by atoms with Crippen LogP contribution in [0.4, 0.5) is 17.1 Å². The molecule has 4 heteroatoms. The minimum atomic E-state index is 0.644. The van der Waals surface area contributed by atoms with Crippen molar-refractivity contribution in [3.8, 4) is 33.7 Å². The van der Waals surface area contributed by atoms with Gasteiger partial charge in [0.15, 0.2) is 5.58 Å². The highest BCUT2D eigenvalue weighted by Crippen LogP contribution is 2.45. The van der Waals surface area contributed by atoms with E-state index in [0.29, 0.717) is 5.89 Å². The standard InChI is InChI=1S/C51H32N2OS/c1-2-12-33(13-3-1)36-17-8-19-38(30-36)53(39-20-9-18-37(31-39)42-23-10-16-34-14-4-6-21-41(34)42)40-27-28-44-48(32-40)55-47-25-11-24-45(49(44)47)51-52-50-43-22-7-5-15-35(43)26-29-46(50)54-51/h1-32H. The van der Waals surface area contributed by atoms with E-state index in [0.717, 1.165) is 44.5 Å². The highest BCUT2D eigenvalue weighted by Gasteiger charge is 2.20. The normalized spacial score (nSPS) is 11.6. The van der Waals surface area contributed by atoms with E-state index < -0.39 is 0 Å². The summed E-state index contributed by atoms with van der Waals surface area (Å²) in [7, 11) is 0. The SMILES string of the molecule is c1ccc(-c2cccc(N(c3cccc(-c4cccc5ccccc45)c3)c3ccc4c(c3)sc3cccc(-c5nc6c(ccc7ccccc76)o5)c34)c2)cc1. The zero-order valence-electron chi connectivity index (χ0n) is 29.7. The number of hydrogen-bond acceptors (Lipinski definition) is 4. The number of benzene rings is 9. The van der Waals surface area contributed by atoms with Crippen LogP contribution in [-0.4, -0.2) is 4.98 Å². The minimum Gasteiger partial charge on any atom is -0.436 e. The van der Waals surface area contributed by atoms with Crippen molar-refractivity contribution in [2.45, 2.75) is 0 Å². The van der Waals surface area contributed by atoms with Crippen LogP contribution in [0, 0.1) is 0 Å². The summed E-state index contributed by atoms with van der Waals surface area (Å²) in [5, 5.41) is 7.09. The van der Waals surface area contributed by atoms with Crippen LogP contribution in [-0.2, 0) is 0 Å². The first-order valence-corrected chi connectivity index (χ1v) is 19.3. The molecule has 258 valence electrons. The number of fused-ring (bicyclic) bond motifs is 7.